The number of nitrogens with two attached hydrogens (primary N) is 1. The number of anilines is 1. The lowest BCUT2D eigenvalue weighted by Crippen LogP contribution is -2.47. The van der Waals surface area contributed by atoms with Crippen molar-refractivity contribution in [1.29, 1.82) is 0 Å². The van der Waals surface area contributed by atoms with E-state index in [1.807, 2.05) is 0 Å². The van der Waals surface area contributed by atoms with Crippen LogP contribution in [-0.2, 0) is 4.79 Å². The maximum Gasteiger partial charge on any atom is 0.231 e. The van der Waals surface area contributed by atoms with Gasteiger partial charge in [0.2, 0.25) is 5.91 Å². The molecule has 17 heavy (non-hydrogen) atoms. The summed E-state index contributed by atoms with van der Waals surface area (Å²) in [6.45, 7) is 0.280. The van der Waals surface area contributed by atoms with E-state index in [0.717, 1.165) is 31.4 Å². The molecule has 0 bridgehead atoms. The molecule has 0 aromatic heterocycles. The predicted molar refractivity (Wildman–Crippen MR) is 60.3 cm³/mol. The van der Waals surface area contributed by atoms with Crippen LogP contribution in [0.4, 0.5) is 14.5 Å². The van der Waals surface area contributed by atoms with Gasteiger partial charge < -0.3 is 11.1 Å². The van der Waals surface area contributed by atoms with Gasteiger partial charge in [0.25, 0.3) is 0 Å². The molecule has 0 atom stereocenters. The average molecular weight is 240 g/mol. The van der Waals surface area contributed by atoms with Crippen molar-refractivity contribution < 1.29 is 13.6 Å². The lowest BCUT2D eigenvalue weighted by molar-refractivity contribution is -0.129. The smallest absolute Gasteiger partial charge is 0.231 e. The molecule has 1 fully saturated rings. The topological polar surface area (TPSA) is 55.1 Å². The number of benzene rings is 1. The summed E-state index contributed by atoms with van der Waals surface area (Å²) in [5.74, 6) is -2.12. The first-order chi connectivity index (χ1) is 8.07. The largest absolute Gasteiger partial charge is 0.329 e. The van der Waals surface area contributed by atoms with E-state index in [9.17, 15) is 13.6 Å². The molecule has 3 N–H and O–H groups in total. The zero-order valence-corrected chi connectivity index (χ0v) is 9.30. The highest BCUT2D eigenvalue weighted by atomic mass is 19.2. The molecule has 92 valence electrons. The summed E-state index contributed by atoms with van der Waals surface area (Å²) in [5.41, 5.74) is 5.32. The Bertz CT molecular complexity index is 439. The van der Waals surface area contributed by atoms with Crippen molar-refractivity contribution in [3.05, 3.63) is 29.8 Å². The second kappa shape index (κ2) is 4.41. The molecule has 1 amide bonds. The van der Waals surface area contributed by atoms with Crippen molar-refractivity contribution >= 4 is 11.6 Å². The molecule has 0 saturated heterocycles. The third-order valence-electron chi connectivity index (χ3n) is 3.36. The Labute approximate surface area is 98.0 Å². The van der Waals surface area contributed by atoms with Gasteiger partial charge >= 0.3 is 0 Å². The van der Waals surface area contributed by atoms with Crippen molar-refractivity contribution in [3.63, 3.8) is 0 Å². The molecule has 2 rings (SSSR count). The van der Waals surface area contributed by atoms with Gasteiger partial charge in [-0.3, -0.25) is 4.79 Å². The summed E-state index contributed by atoms with van der Waals surface area (Å²) in [6.07, 6.45) is 2.47. The van der Waals surface area contributed by atoms with Gasteiger partial charge in [-0.05, 0) is 25.0 Å². The van der Waals surface area contributed by atoms with Crippen LogP contribution in [0.25, 0.3) is 0 Å². The van der Waals surface area contributed by atoms with Crippen LogP contribution >= 0.6 is 0 Å². The van der Waals surface area contributed by atoms with Crippen LogP contribution in [0.1, 0.15) is 19.3 Å². The fourth-order valence-corrected chi connectivity index (χ4v) is 1.96. The minimum Gasteiger partial charge on any atom is -0.329 e. The van der Waals surface area contributed by atoms with E-state index in [2.05, 4.69) is 5.32 Å². The second-order valence-electron chi connectivity index (χ2n) is 4.42. The van der Waals surface area contributed by atoms with Crippen LogP contribution in [0, 0.1) is 17.0 Å². The molecule has 3 nitrogen and oxygen atoms in total. The molecule has 0 unspecified atom stereocenters. The third-order valence-corrected chi connectivity index (χ3v) is 3.36. The van der Waals surface area contributed by atoms with Crippen molar-refractivity contribution in [2.75, 3.05) is 11.9 Å². The van der Waals surface area contributed by atoms with E-state index in [4.69, 9.17) is 5.73 Å². The Morgan fingerprint density at radius 2 is 2.06 bits per heavy atom. The van der Waals surface area contributed by atoms with E-state index in [1.165, 1.54) is 6.07 Å². The second-order valence-corrected chi connectivity index (χ2v) is 4.42. The summed E-state index contributed by atoms with van der Waals surface area (Å²) in [5, 5.41) is 2.58. The van der Waals surface area contributed by atoms with E-state index in [-0.39, 0.29) is 18.1 Å². The van der Waals surface area contributed by atoms with Crippen molar-refractivity contribution in [2.45, 2.75) is 19.3 Å². The number of carbonyl (C=O) groups is 1. The number of nitrogens with one attached hydrogen (secondary N) is 1. The van der Waals surface area contributed by atoms with E-state index in [1.54, 1.807) is 0 Å². The lowest BCUT2D eigenvalue weighted by Gasteiger charge is -2.39. The summed E-state index contributed by atoms with van der Waals surface area (Å²) in [4.78, 5) is 11.9. The number of rotatable bonds is 3. The third kappa shape index (κ3) is 2.15. The van der Waals surface area contributed by atoms with Gasteiger partial charge in [-0.15, -0.1) is 0 Å². The van der Waals surface area contributed by atoms with E-state index >= 15 is 0 Å². The summed E-state index contributed by atoms with van der Waals surface area (Å²) < 4.78 is 25.7. The molecule has 0 spiro atoms. The molecular formula is C12H14F2N2O. The zero-order chi connectivity index (χ0) is 12.5. The Morgan fingerprint density at radius 1 is 1.35 bits per heavy atom. The predicted octanol–water partition coefficient (Wildman–Crippen LogP) is 2.03. The van der Waals surface area contributed by atoms with Crippen LogP contribution < -0.4 is 11.1 Å². The molecule has 1 saturated carbocycles. The highest BCUT2D eigenvalue weighted by Crippen LogP contribution is 2.40. The molecule has 0 radical (unpaired) electrons. The molecule has 1 aromatic rings. The molecule has 0 heterocycles. The molecular weight excluding hydrogens is 226 g/mol. The maximum absolute atomic E-state index is 13.0. The number of amides is 1. The van der Waals surface area contributed by atoms with Gasteiger partial charge in [0.1, 0.15) is 0 Å². The Morgan fingerprint density at radius 3 is 2.53 bits per heavy atom. The Kier molecular flexibility index (Phi) is 3.11. The van der Waals surface area contributed by atoms with Crippen molar-refractivity contribution in [2.24, 2.45) is 11.1 Å². The van der Waals surface area contributed by atoms with Crippen LogP contribution in [0.2, 0.25) is 0 Å². The molecule has 0 aliphatic heterocycles. The number of carbonyl (C=O) groups excluding carboxylic acids is 1. The first-order valence-corrected chi connectivity index (χ1v) is 5.54. The van der Waals surface area contributed by atoms with Gasteiger partial charge in [-0.25, -0.2) is 8.78 Å². The lowest BCUT2D eigenvalue weighted by atomic mass is 9.68. The van der Waals surface area contributed by atoms with Crippen LogP contribution in [0.5, 0.6) is 0 Å². The molecule has 5 heteroatoms. The van der Waals surface area contributed by atoms with Crippen LogP contribution in [0.15, 0.2) is 18.2 Å². The molecule has 1 aliphatic rings. The Hall–Kier alpha value is -1.49. The minimum absolute atomic E-state index is 0.211. The van der Waals surface area contributed by atoms with Gasteiger partial charge in [0.05, 0.1) is 5.41 Å². The van der Waals surface area contributed by atoms with Crippen LogP contribution in [-0.4, -0.2) is 12.5 Å². The average Bonchev–Trinajstić information content (AvgIpc) is 2.23. The SMILES string of the molecule is NCC1(C(=O)Nc2ccc(F)c(F)c2)CCC1. The summed E-state index contributed by atoms with van der Waals surface area (Å²) in [6, 6.07) is 3.29. The van der Waals surface area contributed by atoms with Crippen molar-refractivity contribution in [3.8, 4) is 0 Å². The summed E-state index contributed by atoms with van der Waals surface area (Å²) in [7, 11) is 0. The molecule has 1 aliphatic carbocycles. The number of hydrogen-bond acceptors (Lipinski definition) is 2. The van der Waals surface area contributed by atoms with Crippen molar-refractivity contribution in [1.82, 2.24) is 0 Å². The highest BCUT2D eigenvalue weighted by molar-refractivity contribution is 5.96. The molecule has 1 aromatic carbocycles. The number of halogens is 2. The van der Waals surface area contributed by atoms with Gasteiger partial charge in [-0.1, -0.05) is 6.42 Å². The first kappa shape index (κ1) is 12.0. The number of hydrogen-bond donors (Lipinski definition) is 2. The van der Waals surface area contributed by atoms with Crippen LogP contribution in [0.3, 0.4) is 0 Å². The minimum atomic E-state index is -0.974. The highest BCUT2D eigenvalue weighted by Gasteiger charge is 2.42. The summed E-state index contributed by atoms with van der Waals surface area (Å²) >= 11 is 0. The zero-order valence-electron chi connectivity index (χ0n) is 9.30. The van der Waals surface area contributed by atoms with Gasteiger partial charge in [0, 0.05) is 18.3 Å². The quantitative estimate of drug-likeness (QED) is 0.849. The normalized spacial score (nSPS) is 17.4. The Balaban J connectivity index is 2.10. The maximum atomic E-state index is 13.0. The standard InChI is InChI=1S/C12H14F2N2O/c13-9-3-2-8(6-10(9)14)16-11(17)12(7-15)4-1-5-12/h2-3,6H,1,4-5,7,15H2,(H,16,17). The monoisotopic (exact) mass is 240 g/mol. The van der Waals surface area contributed by atoms with E-state index in [0.29, 0.717) is 0 Å². The fourth-order valence-electron chi connectivity index (χ4n) is 1.96. The fraction of sp³-hybridized carbons (Fsp3) is 0.417. The van der Waals surface area contributed by atoms with Gasteiger partial charge in [-0.2, -0.15) is 0 Å². The first-order valence-electron chi connectivity index (χ1n) is 5.54. The van der Waals surface area contributed by atoms with E-state index < -0.39 is 17.0 Å². The van der Waals surface area contributed by atoms with Gasteiger partial charge in [0.15, 0.2) is 11.6 Å².